The Hall–Kier alpha value is -2.64. The molecule has 0 aliphatic carbocycles. The van der Waals surface area contributed by atoms with E-state index < -0.39 is 12.0 Å². The molecule has 2 aromatic rings. The number of nitrogens with zero attached hydrogens (tertiary/aromatic N) is 4. The number of hydrogen-bond acceptors (Lipinski definition) is 5. The fraction of sp³-hybridized carbons (Fsp3) is 0.600. The van der Waals surface area contributed by atoms with Gasteiger partial charge in [0, 0.05) is 31.2 Å². The highest BCUT2D eigenvalue weighted by molar-refractivity contribution is 5.84. The molecule has 0 bridgehead atoms. The SMILES string of the molecule is COC(=O)[C@@H](NC(=O)N1CC[C@@H](c2nc3ccncc3n2C(C)C)C1)C(C)C. The van der Waals surface area contributed by atoms with E-state index in [4.69, 9.17) is 9.72 Å². The molecule has 1 aliphatic rings. The van der Waals surface area contributed by atoms with Crippen LogP contribution in [-0.2, 0) is 9.53 Å². The molecule has 1 N–H and O–H groups in total. The van der Waals surface area contributed by atoms with Gasteiger partial charge in [-0.1, -0.05) is 13.8 Å². The summed E-state index contributed by atoms with van der Waals surface area (Å²) in [5.74, 6) is 0.665. The van der Waals surface area contributed by atoms with Crippen LogP contribution in [0, 0.1) is 5.92 Å². The van der Waals surface area contributed by atoms with Gasteiger partial charge in [0.15, 0.2) is 0 Å². The lowest BCUT2D eigenvalue weighted by atomic mass is 10.1. The molecule has 28 heavy (non-hydrogen) atoms. The molecular formula is C20H29N5O3. The molecule has 0 unspecified atom stereocenters. The first-order chi connectivity index (χ1) is 13.3. The maximum Gasteiger partial charge on any atom is 0.328 e. The minimum Gasteiger partial charge on any atom is -0.467 e. The van der Waals surface area contributed by atoms with Crippen LogP contribution in [0.2, 0.25) is 0 Å². The number of carbonyl (C=O) groups excluding carboxylic acids is 2. The lowest BCUT2D eigenvalue weighted by molar-refractivity contribution is -0.144. The van der Waals surface area contributed by atoms with Crippen molar-refractivity contribution in [3.63, 3.8) is 0 Å². The average Bonchev–Trinajstić information content (AvgIpc) is 3.29. The molecule has 3 rings (SSSR count). The molecule has 0 saturated carbocycles. The topological polar surface area (TPSA) is 89.3 Å². The van der Waals surface area contributed by atoms with E-state index in [0.29, 0.717) is 13.1 Å². The number of imidazole rings is 1. The molecule has 152 valence electrons. The number of likely N-dealkylation sites (tertiary alicyclic amines) is 1. The third-order valence-corrected chi connectivity index (χ3v) is 5.28. The number of ether oxygens (including phenoxy) is 1. The van der Waals surface area contributed by atoms with Gasteiger partial charge in [-0.3, -0.25) is 4.98 Å². The number of esters is 1. The summed E-state index contributed by atoms with van der Waals surface area (Å²) in [4.78, 5) is 35.5. The maximum atomic E-state index is 12.7. The Kier molecular flexibility index (Phi) is 5.86. The van der Waals surface area contributed by atoms with Gasteiger partial charge in [0.25, 0.3) is 0 Å². The zero-order chi connectivity index (χ0) is 20.4. The number of methoxy groups -OCH3 is 1. The predicted octanol–water partition coefficient (Wildman–Crippen LogP) is 2.71. The smallest absolute Gasteiger partial charge is 0.328 e. The summed E-state index contributed by atoms with van der Waals surface area (Å²) in [6.07, 6.45) is 4.42. The van der Waals surface area contributed by atoms with Crippen molar-refractivity contribution in [3.05, 3.63) is 24.3 Å². The number of urea groups is 1. The van der Waals surface area contributed by atoms with Crippen LogP contribution in [-0.4, -0.2) is 57.7 Å². The molecule has 2 amide bonds. The second kappa shape index (κ2) is 8.16. The lowest BCUT2D eigenvalue weighted by Crippen LogP contribution is -2.50. The van der Waals surface area contributed by atoms with Crippen molar-refractivity contribution in [2.45, 2.75) is 52.1 Å². The van der Waals surface area contributed by atoms with E-state index in [2.05, 4.69) is 28.7 Å². The molecule has 0 spiro atoms. The first-order valence-electron chi connectivity index (χ1n) is 9.78. The molecule has 2 atom stereocenters. The number of amides is 2. The summed E-state index contributed by atoms with van der Waals surface area (Å²) >= 11 is 0. The molecule has 2 aromatic heterocycles. The lowest BCUT2D eigenvalue weighted by Gasteiger charge is -2.24. The standard InChI is InChI=1S/C20H29N5O3/c1-12(2)17(19(26)28-5)23-20(27)24-9-7-14(11-24)18-22-15-6-8-21-10-16(15)25(18)13(3)4/h6,8,10,12-14,17H,7,9,11H2,1-5H3,(H,23,27)/t14-,17+/m1/s1. The third kappa shape index (κ3) is 3.81. The normalized spacial score (nSPS) is 18.1. The molecule has 0 radical (unpaired) electrons. The Morgan fingerprint density at radius 3 is 2.68 bits per heavy atom. The molecular weight excluding hydrogens is 358 g/mol. The molecule has 0 aromatic carbocycles. The van der Waals surface area contributed by atoms with Gasteiger partial charge in [-0.25, -0.2) is 14.6 Å². The first-order valence-corrected chi connectivity index (χ1v) is 9.78. The van der Waals surface area contributed by atoms with Crippen molar-refractivity contribution in [1.82, 2.24) is 24.8 Å². The number of nitrogens with one attached hydrogen (secondary N) is 1. The summed E-state index contributed by atoms with van der Waals surface area (Å²) < 4.78 is 7.02. The highest BCUT2D eigenvalue weighted by Gasteiger charge is 2.34. The average molecular weight is 387 g/mol. The van der Waals surface area contributed by atoms with Crippen molar-refractivity contribution in [2.75, 3.05) is 20.2 Å². The van der Waals surface area contributed by atoms with Crippen molar-refractivity contribution in [3.8, 4) is 0 Å². The van der Waals surface area contributed by atoms with Crippen LogP contribution in [0.5, 0.6) is 0 Å². The summed E-state index contributed by atoms with van der Waals surface area (Å²) in [5.41, 5.74) is 1.94. The molecule has 8 nitrogen and oxygen atoms in total. The van der Waals surface area contributed by atoms with Crippen molar-refractivity contribution < 1.29 is 14.3 Å². The van der Waals surface area contributed by atoms with E-state index in [9.17, 15) is 9.59 Å². The van der Waals surface area contributed by atoms with Gasteiger partial charge in [-0.05, 0) is 32.3 Å². The van der Waals surface area contributed by atoms with Gasteiger partial charge in [0.1, 0.15) is 11.9 Å². The van der Waals surface area contributed by atoms with Crippen LogP contribution in [0.1, 0.15) is 51.9 Å². The molecule has 1 saturated heterocycles. The van der Waals surface area contributed by atoms with Gasteiger partial charge in [0.05, 0.1) is 24.3 Å². The third-order valence-electron chi connectivity index (χ3n) is 5.28. The number of aromatic nitrogens is 3. The van der Waals surface area contributed by atoms with E-state index >= 15 is 0 Å². The Balaban J connectivity index is 1.77. The van der Waals surface area contributed by atoms with E-state index in [-0.39, 0.29) is 23.9 Å². The Morgan fingerprint density at radius 2 is 2.04 bits per heavy atom. The zero-order valence-electron chi connectivity index (χ0n) is 17.2. The zero-order valence-corrected chi connectivity index (χ0v) is 17.2. The number of fused-ring (bicyclic) bond motifs is 1. The quantitative estimate of drug-likeness (QED) is 0.797. The number of hydrogen-bond donors (Lipinski definition) is 1. The Morgan fingerprint density at radius 1 is 1.29 bits per heavy atom. The Labute approximate surface area is 165 Å². The van der Waals surface area contributed by atoms with E-state index in [0.717, 1.165) is 23.3 Å². The molecule has 1 aliphatic heterocycles. The van der Waals surface area contributed by atoms with Crippen molar-refractivity contribution in [1.29, 1.82) is 0 Å². The van der Waals surface area contributed by atoms with Crippen molar-refractivity contribution >= 4 is 23.0 Å². The largest absolute Gasteiger partial charge is 0.467 e. The summed E-state index contributed by atoms with van der Waals surface area (Å²) in [6.45, 7) is 9.21. The van der Waals surface area contributed by atoms with Crippen LogP contribution in [0.3, 0.4) is 0 Å². The van der Waals surface area contributed by atoms with Gasteiger partial charge < -0.3 is 19.5 Å². The van der Waals surface area contributed by atoms with Gasteiger partial charge in [-0.2, -0.15) is 0 Å². The number of rotatable bonds is 5. The maximum absolute atomic E-state index is 12.7. The monoisotopic (exact) mass is 387 g/mol. The van der Waals surface area contributed by atoms with E-state index in [1.54, 1.807) is 11.1 Å². The van der Waals surface area contributed by atoms with Gasteiger partial charge in [-0.15, -0.1) is 0 Å². The second-order valence-corrected chi connectivity index (χ2v) is 7.92. The molecule has 1 fully saturated rings. The second-order valence-electron chi connectivity index (χ2n) is 7.92. The predicted molar refractivity (Wildman–Crippen MR) is 106 cm³/mol. The highest BCUT2D eigenvalue weighted by atomic mass is 16.5. The molecule has 3 heterocycles. The first kappa shape index (κ1) is 20.1. The number of carbonyl (C=O) groups is 2. The Bertz CT molecular complexity index is 861. The fourth-order valence-electron chi connectivity index (χ4n) is 3.79. The molecule has 8 heteroatoms. The number of pyridine rings is 1. The fourth-order valence-corrected chi connectivity index (χ4v) is 3.79. The van der Waals surface area contributed by atoms with Crippen LogP contribution in [0.4, 0.5) is 4.79 Å². The van der Waals surface area contributed by atoms with Crippen LogP contribution in [0.15, 0.2) is 18.5 Å². The van der Waals surface area contributed by atoms with E-state index in [1.807, 2.05) is 26.1 Å². The highest BCUT2D eigenvalue weighted by Crippen LogP contribution is 2.31. The van der Waals surface area contributed by atoms with E-state index in [1.165, 1.54) is 7.11 Å². The van der Waals surface area contributed by atoms with Crippen LogP contribution < -0.4 is 5.32 Å². The van der Waals surface area contributed by atoms with Crippen LogP contribution >= 0.6 is 0 Å². The van der Waals surface area contributed by atoms with Gasteiger partial charge >= 0.3 is 12.0 Å². The van der Waals surface area contributed by atoms with Crippen LogP contribution in [0.25, 0.3) is 11.0 Å². The minimum atomic E-state index is -0.650. The van der Waals surface area contributed by atoms with Gasteiger partial charge in [0.2, 0.25) is 0 Å². The van der Waals surface area contributed by atoms with Crippen molar-refractivity contribution in [2.24, 2.45) is 5.92 Å². The minimum absolute atomic E-state index is 0.0487. The summed E-state index contributed by atoms with van der Waals surface area (Å²) in [5, 5.41) is 2.82. The summed E-state index contributed by atoms with van der Waals surface area (Å²) in [7, 11) is 1.33. The summed E-state index contributed by atoms with van der Waals surface area (Å²) in [6, 6.07) is 1.28.